The summed E-state index contributed by atoms with van der Waals surface area (Å²) in [4.78, 5) is 4.15. The first-order chi connectivity index (χ1) is 9.81. The Balaban J connectivity index is 2.06. The van der Waals surface area contributed by atoms with Gasteiger partial charge in [-0.05, 0) is 31.2 Å². The normalized spacial score (nSPS) is 12.1. The van der Waals surface area contributed by atoms with Crippen molar-refractivity contribution in [2.24, 2.45) is 0 Å². The van der Waals surface area contributed by atoms with Crippen LogP contribution in [0.4, 0.5) is 5.82 Å². The summed E-state index contributed by atoms with van der Waals surface area (Å²) in [5.74, 6) is 1.41. The van der Waals surface area contributed by atoms with Crippen molar-refractivity contribution in [3.8, 4) is 5.75 Å². The summed E-state index contributed by atoms with van der Waals surface area (Å²) in [7, 11) is 0. The van der Waals surface area contributed by atoms with Crippen LogP contribution in [0, 0.1) is 0 Å². The zero-order valence-corrected chi connectivity index (χ0v) is 11.8. The molecule has 0 saturated heterocycles. The molecule has 106 valence electrons. The highest BCUT2D eigenvalue weighted by Crippen LogP contribution is 2.20. The lowest BCUT2D eigenvalue weighted by molar-refractivity contribution is 0.266. The van der Waals surface area contributed by atoms with Crippen LogP contribution in [0.3, 0.4) is 0 Å². The minimum absolute atomic E-state index is 0.0452. The quantitative estimate of drug-likeness (QED) is 0.813. The molecule has 4 nitrogen and oxygen atoms in total. The number of aromatic nitrogens is 1. The number of hydrogen-bond acceptors (Lipinski definition) is 4. The minimum atomic E-state index is 0.0452. The number of hydrogen-bond donors (Lipinski definition) is 2. The summed E-state index contributed by atoms with van der Waals surface area (Å²) in [6, 6.07) is 13.7. The van der Waals surface area contributed by atoms with Crippen LogP contribution in [0.2, 0.25) is 0 Å². The van der Waals surface area contributed by atoms with Crippen molar-refractivity contribution >= 4 is 5.82 Å². The van der Waals surface area contributed by atoms with Gasteiger partial charge in [0.1, 0.15) is 18.2 Å². The molecule has 3 N–H and O–H groups in total. The predicted octanol–water partition coefficient (Wildman–Crippen LogP) is 2.78. The fourth-order valence-corrected chi connectivity index (χ4v) is 2.00. The molecule has 0 aliphatic carbocycles. The van der Waals surface area contributed by atoms with Gasteiger partial charge in [-0.15, -0.1) is 0 Å². The molecule has 0 spiro atoms. The first-order valence-corrected chi connectivity index (χ1v) is 6.93. The van der Waals surface area contributed by atoms with Gasteiger partial charge in [-0.25, -0.2) is 4.98 Å². The number of pyridine rings is 1. The van der Waals surface area contributed by atoms with Crippen molar-refractivity contribution in [2.45, 2.75) is 19.4 Å². The van der Waals surface area contributed by atoms with Crippen molar-refractivity contribution in [3.05, 3.63) is 54.2 Å². The maximum Gasteiger partial charge on any atom is 0.128 e. The van der Waals surface area contributed by atoms with E-state index in [-0.39, 0.29) is 6.04 Å². The maximum atomic E-state index is 5.96. The molecule has 20 heavy (non-hydrogen) atoms. The van der Waals surface area contributed by atoms with Crippen molar-refractivity contribution in [2.75, 3.05) is 18.9 Å². The second-order valence-corrected chi connectivity index (χ2v) is 4.61. The second-order valence-electron chi connectivity index (χ2n) is 4.61. The van der Waals surface area contributed by atoms with Gasteiger partial charge in [0.25, 0.3) is 0 Å². The van der Waals surface area contributed by atoms with Crippen molar-refractivity contribution in [1.82, 2.24) is 10.3 Å². The number of para-hydroxylation sites is 1. The van der Waals surface area contributed by atoms with Gasteiger partial charge in [0, 0.05) is 11.8 Å². The minimum Gasteiger partial charge on any atom is -0.492 e. The number of nitrogens with two attached hydrogens (primary N) is 1. The molecule has 2 aromatic rings. The summed E-state index contributed by atoms with van der Waals surface area (Å²) in [6.45, 7) is 3.58. The van der Waals surface area contributed by atoms with E-state index in [1.165, 1.54) is 0 Å². The Bertz CT molecular complexity index is 516. The molecule has 1 aromatic heterocycles. The number of rotatable bonds is 7. The molecule has 0 amide bonds. The standard InChI is InChI=1S/C16H21N3O/c1-2-10-18-15(14-9-6-11-19-16(14)17)12-20-13-7-4-3-5-8-13/h3-9,11,15,18H,2,10,12H2,1H3,(H2,17,19). The Morgan fingerprint density at radius 2 is 2.00 bits per heavy atom. The van der Waals surface area contributed by atoms with Gasteiger partial charge in [0.2, 0.25) is 0 Å². The van der Waals surface area contributed by atoms with Gasteiger partial charge in [-0.3, -0.25) is 0 Å². The van der Waals surface area contributed by atoms with Gasteiger partial charge in [-0.1, -0.05) is 31.2 Å². The zero-order chi connectivity index (χ0) is 14.2. The fourth-order valence-electron chi connectivity index (χ4n) is 2.00. The average Bonchev–Trinajstić information content (AvgIpc) is 2.49. The summed E-state index contributed by atoms with van der Waals surface area (Å²) in [5.41, 5.74) is 6.94. The Morgan fingerprint density at radius 1 is 1.20 bits per heavy atom. The lowest BCUT2D eigenvalue weighted by atomic mass is 10.1. The molecule has 1 atom stereocenters. The molecule has 1 heterocycles. The second kappa shape index (κ2) is 7.50. The average molecular weight is 271 g/mol. The molecule has 0 radical (unpaired) electrons. The van der Waals surface area contributed by atoms with E-state index in [1.807, 2.05) is 42.5 Å². The van der Waals surface area contributed by atoms with Crippen molar-refractivity contribution in [3.63, 3.8) is 0 Å². The van der Waals surface area contributed by atoms with E-state index >= 15 is 0 Å². The van der Waals surface area contributed by atoms with Crippen molar-refractivity contribution in [1.29, 1.82) is 0 Å². The van der Waals surface area contributed by atoms with E-state index < -0.39 is 0 Å². The number of nitrogen functional groups attached to an aromatic ring is 1. The maximum absolute atomic E-state index is 5.96. The van der Waals surface area contributed by atoms with Gasteiger partial charge in [-0.2, -0.15) is 0 Å². The monoisotopic (exact) mass is 271 g/mol. The Labute approximate surface area is 120 Å². The molecule has 0 fully saturated rings. The van der Waals surface area contributed by atoms with Gasteiger partial charge < -0.3 is 15.8 Å². The molecule has 2 rings (SSSR count). The van der Waals surface area contributed by atoms with Crippen LogP contribution in [-0.2, 0) is 0 Å². The summed E-state index contributed by atoms with van der Waals surface area (Å²) in [6.07, 6.45) is 2.76. The highest BCUT2D eigenvalue weighted by atomic mass is 16.5. The van der Waals surface area contributed by atoms with Crippen LogP contribution in [0.15, 0.2) is 48.7 Å². The Hall–Kier alpha value is -2.07. The van der Waals surface area contributed by atoms with Crippen molar-refractivity contribution < 1.29 is 4.74 Å². The largest absolute Gasteiger partial charge is 0.492 e. The topological polar surface area (TPSA) is 60.2 Å². The molecular weight excluding hydrogens is 250 g/mol. The number of ether oxygens (including phenoxy) is 1. The fraction of sp³-hybridized carbons (Fsp3) is 0.312. The molecule has 0 aliphatic heterocycles. The zero-order valence-electron chi connectivity index (χ0n) is 11.8. The lowest BCUT2D eigenvalue weighted by Crippen LogP contribution is -2.28. The molecule has 0 bridgehead atoms. The van der Waals surface area contributed by atoms with E-state index in [9.17, 15) is 0 Å². The van der Waals surface area contributed by atoms with Crippen LogP contribution in [-0.4, -0.2) is 18.1 Å². The van der Waals surface area contributed by atoms with Crippen LogP contribution >= 0.6 is 0 Å². The molecule has 0 saturated carbocycles. The molecule has 1 unspecified atom stereocenters. The Morgan fingerprint density at radius 3 is 2.70 bits per heavy atom. The first kappa shape index (κ1) is 14.3. The smallest absolute Gasteiger partial charge is 0.128 e. The number of nitrogens with zero attached hydrogens (tertiary/aromatic N) is 1. The van der Waals surface area contributed by atoms with Crippen LogP contribution in [0.5, 0.6) is 5.75 Å². The number of nitrogens with one attached hydrogen (secondary N) is 1. The first-order valence-electron chi connectivity index (χ1n) is 6.93. The van der Waals surface area contributed by atoms with E-state index in [4.69, 9.17) is 10.5 Å². The SMILES string of the molecule is CCCNC(COc1ccccc1)c1cccnc1N. The number of benzene rings is 1. The molecule has 0 aliphatic rings. The highest BCUT2D eigenvalue weighted by molar-refractivity contribution is 5.41. The third-order valence-electron chi connectivity index (χ3n) is 3.05. The molecule has 1 aromatic carbocycles. The van der Waals surface area contributed by atoms with Crippen LogP contribution in [0.1, 0.15) is 24.9 Å². The third kappa shape index (κ3) is 3.96. The molecular formula is C16H21N3O. The highest BCUT2D eigenvalue weighted by Gasteiger charge is 2.14. The lowest BCUT2D eigenvalue weighted by Gasteiger charge is -2.20. The molecule has 4 heteroatoms. The van der Waals surface area contributed by atoms with E-state index in [0.29, 0.717) is 12.4 Å². The Kier molecular flexibility index (Phi) is 5.38. The summed E-state index contributed by atoms with van der Waals surface area (Å²) < 4.78 is 5.83. The van der Waals surface area contributed by atoms with Crippen LogP contribution < -0.4 is 15.8 Å². The van der Waals surface area contributed by atoms with E-state index in [0.717, 1.165) is 24.3 Å². The van der Waals surface area contributed by atoms with E-state index in [1.54, 1.807) is 6.20 Å². The summed E-state index contributed by atoms with van der Waals surface area (Å²) >= 11 is 0. The van der Waals surface area contributed by atoms with E-state index in [2.05, 4.69) is 17.2 Å². The van der Waals surface area contributed by atoms with Gasteiger partial charge in [0.15, 0.2) is 0 Å². The predicted molar refractivity (Wildman–Crippen MR) is 81.6 cm³/mol. The number of anilines is 1. The third-order valence-corrected chi connectivity index (χ3v) is 3.05. The van der Waals surface area contributed by atoms with Gasteiger partial charge >= 0.3 is 0 Å². The van der Waals surface area contributed by atoms with Crippen LogP contribution in [0.25, 0.3) is 0 Å². The summed E-state index contributed by atoms with van der Waals surface area (Å²) in [5, 5.41) is 3.45. The van der Waals surface area contributed by atoms with Gasteiger partial charge in [0.05, 0.1) is 6.04 Å².